The molecular weight excluding hydrogens is 627 g/mol. The van der Waals surface area contributed by atoms with Crippen LogP contribution in [0.25, 0.3) is 20.9 Å². The minimum atomic E-state index is -2.57. The monoisotopic (exact) mass is 665 g/mol. The number of pyridine rings is 1. The number of thiazole rings is 2. The van der Waals surface area contributed by atoms with E-state index in [1.54, 1.807) is 23.0 Å². The lowest BCUT2D eigenvalue weighted by atomic mass is 9.98. The van der Waals surface area contributed by atoms with Gasteiger partial charge < -0.3 is 9.16 Å². The predicted molar refractivity (Wildman–Crippen MR) is 193 cm³/mol. The zero-order chi connectivity index (χ0) is 32.3. The van der Waals surface area contributed by atoms with Crippen LogP contribution < -0.4 is 15.2 Å². The van der Waals surface area contributed by atoms with Gasteiger partial charge in [-0.15, -0.1) is 11.3 Å². The van der Waals surface area contributed by atoms with E-state index >= 15 is 0 Å². The fraction of sp³-hybridized carbons (Fsp3) is 0.270. The molecule has 0 spiro atoms. The molecule has 9 heteroatoms. The third kappa shape index (κ3) is 6.30. The van der Waals surface area contributed by atoms with Crippen LogP contribution in [0.5, 0.6) is 0 Å². The maximum Gasteiger partial charge on any atom is 0.310 e. The number of fused-ring (bicyclic) bond motifs is 1. The van der Waals surface area contributed by atoms with Crippen LogP contribution >= 0.6 is 22.7 Å². The van der Waals surface area contributed by atoms with Crippen molar-refractivity contribution in [2.45, 2.75) is 51.8 Å². The summed E-state index contributed by atoms with van der Waals surface area (Å²) < 4.78 is 14.9. The molecular formula is C37H39N3O3S2Si. The van der Waals surface area contributed by atoms with Gasteiger partial charge in [0.1, 0.15) is 11.7 Å². The Morgan fingerprint density at radius 2 is 1.63 bits per heavy atom. The number of rotatable bonds is 11. The van der Waals surface area contributed by atoms with Crippen LogP contribution in [-0.4, -0.2) is 36.6 Å². The molecule has 0 aliphatic heterocycles. The molecule has 6 rings (SSSR count). The second kappa shape index (κ2) is 13.6. The lowest BCUT2D eigenvalue weighted by Crippen LogP contribution is -2.66. The van der Waals surface area contributed by atoms with Gasteiger partial charge >= 0.3 is 4.87 Å². The Morgan fingerprint density at radius 1 is 0.935 bits per heavy atom. The molecule has 3 aromatic heterocycles. The minimum Gasteiger partial charge on any atom is -0.407 e. The highest BCUT2D eigenvalue weighted by Crippen LogP contribution is 2.37. The normalized spacial score (nSPS) is 12.9. The highest BCUT2D eigenvalue weighted by Gasteiger charge is 2.50. The fourth-order valence-electron chi connectivity index (χ4n) is 6.16. The fourth-order valence-corrected chi connectivity index (χ4v) is 12.5. The summed E-state index contributed by atoms with van der Waals surface area (Å²) in [5, 5.41) is 5.52. The van der Waals surface area contributed by atoms with Crippen molar-refractivity contribution in [1.29, 1.82) is 0 Å². The molecule has 0 bridgehead atoms. The van der Waals surface area contributed by atoms with Crippen molar-refractivity contribution < 1.29 is 9.16 Å². The minimum absolute atomic E-state index is 0.0123. The number of hydrogen-bond donors (Lipinski definition) is 0. The highest BCUT2D eigenvalue weighted by atomic mass is 32.1. The van der Waals surface area contributed by atoms with E-state index in [1.807, 2.05) is 12.3 Å². The van der Waals surface area contributed by atoms with E-state index in [-0.39, 0.29) is 22.6 Å². The summed E-state index contributed by atoms with van der Waals surface area (Å²) in [7, 11) is -0.976. The number of methoxy groups -OCH3 is 1. The first-order valence-electron chi connectivity index (χ1n) is 15.5. The zero-order valence-corrected chi connectivity index (χ0v) is 29.5. The van der Waals surface area contributed by atoms with Crippen molar-refractivity contribution in [1.82, 2.24) is 14.5 Å². The van der Waals surface area contributed by atoms with Crippen molar-refractivity contribution >= 4 is 51.6 Å². The summed E-state index contributed by atoms with van der Waals surface area (Å²) >= 11 is 2.85. The van der Waals surface area contributed by atoms with Crippen LogP contribution in [0.3, 0.4) is 0 Å². The van der Waals surface area contributed by atoms with Crippen molar-refractivity contribution in [3.63, 3.8) is 0 Å². The molecule has 6 nitrogen and oxygen atoms in total. The molecule has 0 saturated carbocycles. The van der Waals surface area contributed by atoms with Gasteiger partial charge in [0.25, 0.3) is 8.32 Å². The summed E-state index contributed by atoms with van der Waals surface area (Å²) in [6, 6.07) is 31.9. The summed E-state index contributed by atoms with van der Waals surface area (Å²) in [5.74, 6) is 0.0837. The third-order valence-electron chi connectivity index (χ3n) is 8.59. The Hall–Kier alpha value is -3.73. The van der Waals surface area contributed by atoms with E-state index in [4.69, 9.17) is 19.1 Å². The van der Waals surface area contributed by atoms with Crippen molar-refractivity contribution in [2.75, 3.05) is 13.7 Å². The molecule has 6 aromatic rings. The summed E-state index contributed by atoms with van der Waals surface area (Å²) in [4.78, 5) is 22.2. The first-order chi connectivity index (χ1) is 22.2. The van der Waals surface area contributed by atoms with Crippen LogP contribution in [0.2, 0.25) is 5.04 Å². The molecule has 1 unspecified atom stereocenters. The number of ether oxygens (including phenoxy) is 1. The Labute approximate surface area is 279 Å². The van der Waals surface area contributed by atoms with Gasteiger partial charge in [-0.3, -0.25) is 14.3 Å². The van der Waals surface area contributed by atoms with Crippen LogP contribution in [0, 0.1) is 0 Å². The SMILES string of the molecule is COCn1c(=O)sc2cc(C(C)c3csc(-c4ccc(CCO[Si](c5ccccc5)(c5ccccc5)C(C)(C)C)cn4)n3)ccc21. The van der Waals surface area contributed by atoms with Gasteiger partial charge in [0.05, 0.1) is 21.6 Å². The topological polar surface area (TPSA) is 66.2 Å². The maximum absolute atomic E-state index is 12.4. The Balaban J connectivity index is 1.16. The summed E-state index contributed by atoms with van der Waals surface area (Å²) in [6.07, 6.45) is 2.73. The molecule has 0 aliphatic carbocycles. The molecule has 3 aromatic carbocycles. The lowest BCUT2D eigenvalue weighted by Gasteiger charge is -2.43. The van der Waals surface area contributed by atoms with E-state index < -0.39 is 8.32 Å². The molecule has 0 fully saturated rings. The third-order valence-corrected chi connectivity index (χ3v) is 15.5. The van der Waals surface area contributed by atoms with Crippen LogP contribution in [0.1, 0.15) is 50.4 Å². The number of nitrogens with zero attached hydrogens (tertiary/aromatic N) is 3. The second-order valence-corrected chi connectivity index (χ2v) is 18.7. The van der Waals surface area contributed by atoms with Gasteiger partial charge in [-0.1, -0.05) is 112 Å². The average molecular weight is 666 g/mol. The number of aromatic nitrogens is 3. The Morgan fingerprint density at radius 3 is 2.24 bits per heavy atom. The molecule has 0 N–H and O–H groups in total. The largest absolute Gasteiger partial charge is 0.407 e. The predicted octanol–water partition coefficient (Wildman–Crippen LogP) is 7.46. The first-order valence-corrected chi connectivity index (χ1v) is 19.1. The lowest BCUT2D eigenvalue weighted by molar-refractivity contribution is 0.133. The first kappa shape index (κ1) is 32.2. The average Bonchev–Trinajstić information content (AvgIpc) is 3.68. The van der Waals surface area contributed by atoms with Gasteiger partial charge in [0.15, 0.2) is 0 Å². The summed E-state index contributed by atoms with van der Waals surface area (Å²) in [6.45, 7) is 9.93. The Bertz CT molecular complexity index is 1920. The summed E-state index contributed by atoms with van der Waals surface area (Å²) in [5.41, 5.74) is 5.02. The number of benzene rings is 3. The van der Waals surface area contributed by atoms with Gasteiger partial charge in [-0.25, -0.2) is 4.98 Å². The van der Waals surface area contributed by atoms with Crippen molar-refractivity contribution in [2.24, 2.45) is 0 Å². The van der Waals surface area contributed by atoms with E-state index in [9.17, 15) is 4.79 Å². The van der Waals surface area contributed by atoms with Gasteiger partial charge in [0, 0.05) is 31.2 Å². The zero-order valence-electron chi connectivity index (χ0n) is 26.9. The van der Waals surface area contributed by atoms with E-state index in [1.165, 1.54) is 21.7 Å². The van der Waals surface area contributed by atoms with Crippen LogP contribution in [0.4, 0.5) is 0 Å². The van der Waals surface area contributed by atoms with E-state index in [0.717, 1.165) is 44.2 Å². The van der Waals surface area contributed by atoms with Crippen LogP contribution in [-0.2, 0) is 22.3 Å². The molecule has 46 heavy (non-hydrogen) atoms. The molecule has 236 valence electrons. The molecule has 1 atom stereocenters. The van der Waals surface area contributed by atoms with Gasteiger partial charge in [-0.05, 0) is 51.2 Å². The van der Waals surface area contributed by atoms with E-state index in [0.29, 0.717) is 6.61 Å². The molecule has 0 saturated heterocycles. The second-order valence-electron chi connectivity index (χ2n) is 12.6. The van der Waals surface area contributed by atoms with Crippen molar-refractivity contribution in [3.8, 4) is 10.7 Å². The molecule has 3 heterocycles. The smallest absolute Gasteiger partial charge is 0.310 e. The molecule has 0 aliphatic rings. The maximum atomic E-state index is 12.4. The Kier molecular flexibility index (Phi) is 9.49. The van der Waals surface area contributed by atoms with Crippen molar-refractivity contribution in [3.05, 3.63) is 129 Å². The molecule has 0 amide bonds. The van der Waals surface area contributed by atoms with E-state index in [2.05, 4.69) is 118 Å². The molecule has 0 radical (unpaired) electrons. The number of hydrogen-bond acceptors (Lipinski definition) is 7. The van der Waals surface area contributed by atoms with Gasteiger partial charge in [0.2, 0.25) is 0 Å². The van der Waals surface area contributed by atoms with Gasteiger partial charge in [-0.2, -0.15) is 0 Å². The van der Waals surface area contributed by atoms with Crippen LogP contribution in [0.15, 0.2) is 107 Å². The highest BCUT2D eigenvalue weighted by molar-refractivity contribution is 7.16. The standard InChI is InChI=1S/C37H39N3O3S2Si/c1-26(28-17-19-33-34(22-28)45-36(41)40(33)25-42-5)32-24-44-35(39-32)31-18-16-27(23-38-31)20-21-43-46(37(2,3)4,29-12-8-6-9-13-29)30-14-10-7-11-15-30/h6-19,22-24,26H,20-21,25H2,1-5H3. The quantitative estimate of drug-likeness (QED) is 0.135.